The normalized spacial score (nSPS) is 26.8. The van der Waals surface area contributed by atoms with Gasteiger partial charge in [-0.25, -0.2) is 0 Å². The van der Waals surface area contributed by atoms with Gasteiger partial charge >= 0.3 is 0 Å². The lowest BCUT2D eigenvalue weighted by Crippen LogP contribution is -2.33. The number of aryl methyl sites for hydroxylation is 1. The van der Waals surface area contributed by atoms with Crippen molar-refractivity contribution in [3.05, 3.63) is 35.4 Å². The zero-order valence-corrected chi connectivity index (χ0v) is 11.0. The highest BCUT2D eigenvalue weighted by atomic mass is 15.1. The summed E-state index contributed by atoms with van der Waals surface area (Å²) in [6.07, 6.45) is 3.88. The summed E-state index contributed by atoms with van der Waals surface area (Å²) < 4.78 is 0. The van der Waals surface area contributed by atoms with Crippen LogP contribution < -0.4 is 5.73 Å². The molecule has 0 bridgehead atoms. The molecule has 1 aromatic rings. The molecule has 2 heteroatoms. The molecule has 2 unspecified atom stereocenters. The number of rotatable bonds is 2. The molecule has 0 aliphatic carbocycles. The third kappa shape index (κ3) is 2.88. The Morgan fingerprint density at radius 1 is 1.35 bits per heavy atom. The van der Waals surface area contributed by atoms with Crippen molar-refractivity contribution in [1.82, 2.24) is 4.90 Å². The summed E-state index contributed by atoms with van der Waals surface area (Å²) in [5.41, 5.74) is 8.75. The number of likely N-dealkylation sites (tertiary alicyclic amines) is 1. The van der Waals surface area contributed by atoms with Crippen LogP contribution in [0.25, 0.3) is 0 Å². The van der Waals surface area contributed by atoms with E-state index in [4.69, 9.17) is 5.73 Å². The van der Waals surface area contributed by atoms with Gasteiger partial charge in [-0.3, -0.25) is 4.90 Å². The SMILES string of the molecule is Cc1cccc(C2C(CN)CCCCN2C)c1. The van der Waals surface area contributed by atoms with Gasteiger partial charge in [0, 0.05) is 6.04 Å². The minimum absolute atomic E-state index is 0.502. The van der Waals surface area contributed by atoms with Gasteiger partial charge in [-0.2, -0.15) is 0 Å². The fraction of sp³-hybridized carbons (Fsp3) is 0.600. The van der Waals surface area contributed by atoms with Crippen LogP contribution in [0.3, 0.4) is 0 Å². The summed E-state index contributed by atoms with van der Waals surface area (Å²) in [6, 6.07) is 9.40. The summed E-state index contributed by atoms with van der Waals surface area (Å²) in [5.74, 6) is 0.601. The van der Waals surface area contributed by atoms with Crippen LogP contribution in [-0.2, 0) is 0 Å². The topological polar surface area (TPSA) is 29.3 Å². The Bertz CT molecular complexity index is 362. The van der Waals surface area contributed by atoms with Gasteiger partial charge in [0.2, 0.25) is 0 Å². The van der Waals surface area contributed by atoms with Crippen LogP contribution in [0.15, 0.2) is 24.3 Å². The Labute approximate surface area is 105 Å². The smallest absolute Gasteiger partial charge is 0.0385 e. The van der Waals surface area contributed by atoms with E-state index >= 15 is 0 Å². The summed E-state index contributed by atoms with van der Waals surface area (Å²) in [4.78, 5) is 2.49. The van der Waals surface area contributed by atoms with Crippen molar-refractivity contribution < 1.29 is 0 Å². The molecule has 1 aliphatic heterocycles. The zero-order valence-electron chi connectivity index (χ0n) is 11.0. The molecule has 2 atom stereocenters. The predicted octanol–water partition coefficient (Wildman–Crippen LogP) is 2.73. The van der Waals surface area contributed by atoms with Gasteiger partial charge in [-0.15, -0.1) is 0 Å². The van der Waals surface area contributed by atoms with Crippen LogP contribution in [0.1, 0.15) is 36.4 Å². The monoisotopic (exact) mass is 232 g/mol. The highest BCUT2D eigenvalue weighted by Gasteiger charge is 2.27. The van der Waals surface area contributed by atoms with Gasteiger partial charge in [0.25, 0.3) is 0 Å². The Kier molecular flexibility index (Phi) is 4.19. The van der Waals surface area contributed by atoms with Crippen molar-refractivity contribution in [2.75, 3.05) is 20.1 Å². The Balaban J connectivity index is 2.30. The molecule has 2 rings (SSSR count). The molecule has 1 saturated heterocycles. The molecule has 0 amide bonds. The van der Waals surface area contributed by atoms with E-state index in [1.54, 1.807) is 0 Å². The van der Waals surface area contributed by atoms with E-state index in [0.717, 1.165) is 6.54 Å². The van der Waals surface area contributed by atoms with E-state index in [2.05, 4.69) is 43.1 Å². The lowest BCUT2D eigenvalue weighted by atomic mass is 9.89. The molecule has 2 nitrogen and oxygen atoms in total. The summed E-state index contributed by atoms with van der Waals surface area (Å²) in [6.45, 7) is 4.15. The van der Waals surface area contributed by atoms with Crippen molar-refractivity contribution in [2.24, 2.45) is 11.7 Å². The van der Waals surface area contributed by atoms with Gasteiger partial charge in [-0.1, -0.05) is 36.2 Å². The van der Waals surface area contributed by atoms with E-state index in [9.17, 15) is 0 Å². The Morgan fingerprint density at radius 3 is 2.88 bits per heavy atom. The maximum absolute atomic E-state index is 5.97. The maximum Gasteiger partial charge on any atom is 0.0385 e. The van der Waals surface area contributed by atoms with Crippen molar-refractivity contribution >= 4 is 0 Å². The molecule has 0 radical (unpaired) electrons. The van der Waals surface area contributed by atoms with Crippen molar-refractivity contribution in [1.29, 1.82) is 0 Å². The fourth-order valence-corrected chi connectivity index (χ4v) is 3.05. The first-order valence-electron chi connectivity index (χ1n) is 6.69. The molecular weight excluding hydrogens is 208 g/mol. The fourth-order valence-electron chi connectivity index (χ4n) is 3.05. The second kappa shape index (κ2) is 5.65. The van der Waals surface area contributed by atoms with Crippen LogP contribution in [0, 0.1) is 12.8 Å². The van der Waals surface area contributed by atoms with E-state index in [1.807, 2.05) is 0 Å². The van der Waals surface area contributed by atoms with E-state index in [0.29, 0.717) is 12.0 Å². The first-order chi connectivity index (χ1) is 8.22. The molecule has 0 spiro atoms. The van der Waals surface area contributed by atoms with Gasteiger partial charge in [0.05, 0.1) is 0 Å². The standard InChI is InChI=1S/C15H24N2/c1-12-6-5-8-13(10-12)15-14(11-16)7-3-4-9-17(15)2/h5-6,8,10,14-15H,3-4,7,9,11,16H2,1-2H3. The molecule has 0 saturated carbocycles. The molecule has 0 aromatic heterocycles. The number of nitrogens with two attached hydrogens (primary N) is 1. The third-order valence-corrected chi connectivity index (χ3v) is 3.94. The minimum Gasteiger partial charge on any atom is -0.330 e. The second-order valence-corrected chi connectivity index (χ2v) is 5.33. The second-order valence-electron chi connectivity index (χ2n) is 5.33. The lowest BCUT2D eigenvalue weighted by Gasteiger charge is -2.32. The summed E-state index contributed by atoms with van der Waals surface area (Å²) >= 11 is 0. The van der Waals surface area contributed by atoms with Crippen LogP contribution in [0.2, 0.25) is 0 Å². The van der Waals surface area contributed by atoms with Crippen molar-refractivity contribution in [3.63, 3.8) is 0 Å². The molecular formula is C15H24N2. The molecule has 94 valence electrons. The predicted molar refractivity (Wildman–Crippen MR) is 72.9 cm³/mol. The molecule has 2 N–H and O–H groups in total. The van der Waals surface area contributed by atoms with Crippen LogP contribution >= 0.6 is 0 Å². The Hall–Kier alpha value is -0.860. The number of nitrogens with zero attached hydrogens (tertiary/aromatic N) is 1. The van der Waals surface area contributed by atoms with E-state index < -0.39 is 0 Å². The number of benzene rings is 1. The van der Waals surface area contributed by atoms with Crippen LogP contribution in [0.5, 0.6) is 0 Å². The first kappa shape index (κ1) is 12.6. The van der Waals surface area contributed by atoms with Crippen molar-refractivity contribution in [2.45, 2.75) is 32.2 Å². The Morgan fingerprint density at radius 2 is 2.18 bits per heavy atom. The number of hydrogen-bond acceptors (Lipinski definition) is 2. The van der Waals surface area contributed by atoms with Crippen LogP contribution in [0.4, 0.5) is 0 Å². The van der Waals surface area contributed by atoms with E-state index in [1.165, 1.54) is 36.9 Å². The molecule has 17 heavy (non-hydrogen) atoms. The average molecular weight is 232 g/mol. The third-order valence-electron chi connectivity index (χ3n) is 3.94. The highest BCUT2D eigenvalue weighted by molar-refractivity contribution is 5.26. The van der Waals surface area contributed by atoms with Gasteiger partial charge in [0.15, 0.2) is 0 Å². The van der Waals surface area contributed by atoms with E-state index in [-0.39, 0.29) is 0 Å². The average Bonchev–Trinajstić information content (AvgIpc) is 2.50. The number of hydrogen-bond donors (Lipinski definition) is 1. The van der Waals surface area contributed by atoms with Gasteiger partial charge in [-0.05, 0) is 51.4 Å². The molecule has 1 fully saturated rings. The first-order valence-corrected chi connectivity index (χ1v) is 6.69. The molecule has 1 heterocycles. The quantitative estimate of drug-likeness (QED) is 0.849. The maximum atomic E-state index is 5.97. The van der Waals surface area contributed by atoms with Gasteiger partial charge in [0.1, 0.15) is 0 Å². The zero-order chi connectivity index (χ0) is 12.3. The summed E-state index contributed by atoms with van der Waals surface area (Å²) in [5, 5.41) is 0. The minimum atomic E-state index is 0.502. The summed E-state index contributed by atoms with van der Waals surface area (Å²) in [7, 11) is 2.24. The highest BCUT2D eigenvalue weighted by Crippen LogP contribution is 2.33. The van der Waals surface area contributed by atoms with Gasteiger partial charge < -0.3 is 5.73 Å². The van der Waals surface area contributed by atoms with Crippen LogP contribution in [-0.4, -0.2) is 25.0 Å². The molecule has 1 aromatic carbocycles. The largest absolute Gasteiger partial charge is 0.330 e. The molecule has 1 aliphatic rings. The van der Waals surface area contributed by atoms with Crippen molar-refractivity contribution in [3.8, 4) is 0 Å². The lowest BCUT2D eigenvalue weighted by molar-refractivity contribution is 0.196.